The third-order valence-corrected chi connectivity index (χ3v) is 6.20. The van der Waals surface area contributed by atoms with Crippen LogP contribution in [-0.4, -0.2) is 29.9 Å². The predicted molar refractivity (Wildman–Crippen MR) is 94.6 cm³/mol. The van der Waals surface area contributed by atoms with E-state index < -0.39 is 0 Å². The van der Waals surface area contributed by atoms with Gasteiger partial charge in [-0.3, -0.25) is 9.59 Å². The highest BCUT2D eigenvalue weighted by molar-refractivity contribution is 7.10. The quantitative estimate of drug-likeness (QED) is 0.619. The van der Waals surface area contributed by atoms with Gasteiger partial charge < -0.3 is 9.64 Å². The molecular formula is C19H25NO3S. The SMILES string of the molecule is CC(C)=C[C@@H]1[C@@H](C(=O)OCC(=O)N2CCc3sccc3C2)C1(C)C. The molecule has 2 aliphatic rings. The second-order valence-corrected chi connectivity index (χ2v) is 8.61. The molecule has 1 aromatic heterocycles. The summed E-state index contributed by atoms with van der Waals surface area (Å²) in [6.07, 6.45) is 3.03. The highest BCUT2D eigenvalue weighted by Crippen LogP contribution is 2.59. The predicted octanol–water partition coefficient (Wildman–Crippen LogP) is 3.41. The lowest BCUT2D eigenvalue weighted by atomic mass is 10.1. The van der Waals surface area contributed by atoms with Crippen LogP contribution in [-0.2, 0) is 27.3 Å². The highest BCUT2D eigenvalue weighted by atomic mass is 32.1. The molecule has 0 radical (unpaired) electrons. The minimum Gasteiger partial charge on any atom is -0.455 e. The lowest BCUT2D eigenvalue weighted by molar-refractivity contribution is -0.154. The van der Waals surface area contributed by atoms with E-state index in [0.29, 0.717) is 13.1 Å². The minimum absolute atomic E-state index is 0.0753. The van der Waals surface area contributed by atoms with Crippen molar-refractivity contribution in [3.8, 4) is 0 Å². The van der Waals surface area contributed by atoms with E-state index in [4.69, 9.17) is 4.74 Å². The zero-order valence-electron chi connectivity index (χ0n) is 14.8. The molecule has 1 amide bonds. The molecule has 2 atom stereocenters. The number of nitrogens with zero attached hydrogens (tertiary/aromatic N) is 1. The number of hydrogen-bond donors (Lipinski definition) is 0. The Kier molecular flexibility index (Phi) is 4.56. The summed E-state index contributed by atoms with van der Waals surface area (Å²) in [6.45, 7) is 9.42. The van der Waals surface area contributed by atoms with Crippen LogP contribution in [0.2, 0.25) is 0 Å². The Bertz CT molecular complexity index is 685. The molecule has 4 nitrogen and oxygen atoms in total. The second kappa shape index (κ2) is 6.36. The molecule has 0 unspecified atom stereocenters. The molecule has 5 heteroatoms. The maximum absolute atomic E-state index is 12.3. The average Bonchev–Trinajstić information content (AvgIpc) is 2.88. The Morgan fingerprint density at radius 3 is 2.88 bits per heavy atom. The molecular weight excluding hydrogens is 322 g/mol. The van der Waals surface area contributed by atoms with E-state index in [9.17, 15) is 9.59 Å². The van der Waals surface area contributed by atoms with Crippen molar-refractivity contribution in [3.63, 3.8) is 0 Å². The molecule has 0 bridgehead atoms. The highest BCUT2D eigenvalue weighted by Gasteiger charge is 2.61. The molecule has 0 saturated heterocycles. The summed E-state index contributed by atoms with van der Waals surface area (Å²) < 4.78 is 5.34. The maximum atomic E-state index is 12.3. The number of ether oxygens (including phenoxy) is 1. The van der Waals surface area contributed by atoms with E-state index >= 15 is 0 Å². The molecule has 2 heterocycles. The first-order chi connectivity index (χ1) is 11.3. The molecule has 0 N–H and O–H groups in total. The summed E-state index contributed by atoms with van der Waals surface area (Å²) in [4.78, 5) is 27.8. The van der Waals surface area contributed by atoms with Gasteiger partial charge in [0.2, 0.25) is 0 Å². The van der Waals surface area contributed by atoms with Crippen LogP contribution in [0.15, 0.2) is 23.1 Å². The van der Waals surface area contributed by atoms with Crippen LogP contribution in [0.1, 0.15) is 38.1 Å². The molecule has 130 valence electrons. The third-order valence-electron chi connectivity index (χ3n) is 5.18. The molecule has 1 saturated carbocycles. The smallest absolute Gasteiger partial charge is 0.310 e. The molecule has 1 aliphatic carbocycles. The molecule has 0 aromatic carbocycles. The van der Waals surface area contributed by atoms with Gasteiger partial charge in [0.1, 0.15) is 0 Å². The minimum atomic E-state index is -0.246. The third kappa shape index (κ3) is 3.27. The van der Waals surface area contributed by atoms with Gasteiger partial charge in [0, 0.05) is 18.0 Å². The first-order valence-corrected chi connectivity index (χ1v) is 9.33. The summed E-state index contributed by atoms with van der Waals surface area (Å²) in [6, 6.07) is 2.07. The van der Waals surface area contributed by atoms with Crippen LogP contribution in [0.5, 0.6) is 0 Å². The number of carbonyl (C=O) groups excluding carboxylic acids is 2. The zero-order valence-corrected chi connectivity index (χ0v) is 15.6. The van der Waals surface area contributed by atoms with E-state index in [1.54, 1.807) is 16.2 Å². The van der Waals surface area contributed by atoms with Crippen molar-refractivity contribution in [2.75, 3.05) is 13.2 Å². The first-order valence-electron chi connectivity index (χ1n) is 8.45. The lowest BCUT2D eigenvalue weighted by Gasteiger charge is -2.26. The fourth-order valence-corrected chi connectivity index (χ4v) is 4.46. The molecule has 1 aliphatic heterocycles. The van der Waals surface area contributed by atoms with E-state index in [1.165, 1.54) is 16.0 Å². The van der Waals surface area contributed by atoms with Gasteiger partial charge in [0.05, 0.1) is 5.92 Å². The Hall–Kier alpha value is -1.62. The number of rotatable bonds is 4. The van der Waals surface area contributed by atoms with Gasteiger partial charge in [-0.15, -0.1) is 11.3 Å². The Balaban J connectivity index is 1.52. The number of carbonyl (C=O) groups is 2. The van der Waals surface area contributed by atoms with Crippen molar-refractivity contribution >= 4 is 23.2 Å². The van der Waals surface area contributed by atoms with E-state index in [1.807, 2.05) is 13.8 Å². The van der Waals surface area contributed by atoms with Crippen LogP contribution < -0.4 is 0 Å². The first kappa shape index (κ1) is 17.2. The molecule has 1 fully saturated rings. The number of fused-ring (bicyclic) bond motifs is 1. The maximum Gasteiger partial charge on any atom is 0.310 e. The molecule has 3 rings (SSSR count). The van der Waals surface area contributed by atoms with Crippen LogP contribution in [0.25, 0.3) is 0 Å². The van der Waals surface area contributed by atoms with Gasteiger partial charge in [-0.05, 0) is 48.6 Å². The Labute approximate surface area is 147 Å². The van der Waals surface area contributed by atoms with Crippen molar-refractivity contribution in [2.24, 2.45) is 17.3 Å². The fraction of sp³-hybridized carbons (Fsp3) is 0.579. The van der Waals surface area contributed by atoms with Crippen molar-refractivity contribution in [1.82, 2.24) is 4.90 Å². The van der Waals surface area contributed by atoms with E-state index in [0.717, 1.165) is 6.42 Å². The zero-order chi connectivity index (χ0) is 17.5. The molecule has 0 spiro atoms. The van der Waals surface area contributed by atoms with Gasteiger partial charge in [-0.25, -0.2) is 0 Å². The van der Waals surface area contributed by atoms with Gasteiger partial charge in [-0.2, -0.15) is 0 Å². The van der Waals surface area contributed by atoms with Crippen molar-refractivity contribution < 1.29 is 14.3 Å². The van der Waals surface area contributed by atoms with Crippen molar-refractivity contribution in [1.29, 1.82) is 0 Å². The number of thiophene rings is 1. The van der Waals surface area contributed by atoms with Crippen LogP contribution >= 0.6 is 11.3 Å². The monoisotopic (exact) mass is 347 g/mol. The van der Waals surface area contributed by atoms with E-state index in [-0.39, 0.29) is 35.7 Å². The fourth-order valence-electron chi connectivity index (χ4n) is 3.57. The summed E-state index contributed by atoms with van der Waals surface area (Å²) in [7, 11) is 0. The Morgan fingerprint density at radius 1 is 1.42 bits per heavy atom. The van der Waals surface area contributed by atoms with Crippen LogP contribution in [0.3, 0.4) is 0 Å². The molecule has 24 heavy (non-hydrogen) atoms. The standard InChI is InChI=1S/C19H25NO3S/c1-12(2)9-14-17(19(14,3)4)18(22)23-11-16(21)20-7-5-15-13(10-20)6-8-24-15/h6,8-9,14,17H,5,7,10-11H2,1-4H3/t14-,17+/m1/s1. The molecule has 1 aromatic rings. The van der Waals surface area contributed by atoms with Crippen molar-refractivity contribution in [2.45, 2.75) is 40.7 Å². The van der Waals surface area contributed by atoms with Gasteiger partial charge in [0.25, 0.3) is 5.91 Å². The van der Waals surface area contributed by atoms with E-state index in [2.05, 4.69) is 31.4 Å². The lowest BCUT2D eigenvalue weighted by Crippen LogP contribution is -2.38. The second-order valence-electron chi connectivity index (χ2n) is 7.61. The van der Waals surface area contributed by atoms with Gasteiger partial charge >= 0.3 is 5.97 Å². The Morgan fingerprint density at radius 2 is 2.17 bits per heavy atom. The number of esters is 1. The average molecular weight is 347 g/mol. The number of hydrogen-bond acceptors (Lipinski definition) is 4. The summed E-state index contributed by atoms with van der Waals surface area (Å²) >= 11 is 1.75. The number of amides is 1. The summed E-state index contributed by atoms with van der Waals surface area (Å²) in [5.74, 6) is -0.264. The van der Waals surface area contributed by atoms with Crippen LogP contribution in [0.4, 0.5) is 0 Å². The summed E-state index contributed by atoms with van der Waals surface area (Å²) in [5.41, 5.74) is 2.35. The largest absolute Gasteiger partial charge is 0.455 e. The summed E-state index contributed by atoms with van der Waals surface area (Å²) in [5, 5.41) is 2.07. The van der Waals surface area contributed by atoms with Crippen molar-refractivity contribution in [3.05, 3.63) is 33.5 Å². The normalized spacial score (nSPS) is 24.1. The van der Waals surface area contributed by atoms with Crippen LogP contribution in [0, 0.1) is 17.3 Å². The number of allylic oxidation sites excluding steroid dienone is 2. The van der Waals surface area contributed by atoms with Gasteiger partial charge in [-0.1, -0.05) is 25.5 Å². The topological polar surface area (TPSA) is 46.6 Å². The van der Waals surface area contributed by atoms with Gasteiger partial charge in [0.15, 0.2) is 6.61 Å².